The molecule has 1 aliphatic heterocycles. The molecule has 0 spiro atoms. The predicted octanol–water partition coefficient (Wildman–Crippen LogP) is 1.46. The van der Waals surface area contributed by atoms with Gasteiger partial charge in [0.2, 0.25) is 0 Å². The molecule has 70 valence electrons. The monoisotopic (exact) mass is 180 g/mol. The number of aromatic nitrogens is 2. The molecule has 1 N–H and O–H groups in total. The highest BCUT2D eigenvalue weighted by Crippen LogP contribution is 2.27. The van der Waals surface area contributed by atoms with E-state index in [2.05, 4.69) is 10.2 Å². The fourth-order valence-corrected chi connectivity index (χ4v) is 1.50. The van der Waals surface area contributed by atoms with Crippen LogP contribution in [0.25, 0.3) is 0 Å². The first kappa shape index (κ1) is 8.44. The highest BCUT2D eigenvalue weighted by atomic mass is 16.5. The summed E-state index contributed by atoms with van der Waals surface area (Å²) < 4.78 is 5.45. The Balaban J connectivity index is 2.16. The van der Waals surface area contributed by atoms with Gasteiger partial charge in [-0.1, -0.05) is 0 Å². The minimum Gasteiger partial charge on any atom is -0.372 e. The van der Waals surface area contributed by atoms with E-state index in [1.807, 2.05) is 0 Å². The summed E-state index contributed by atoms with van der Waals surface area (Å²) in [6.45, 7) is 2.31. The van der Waals surface area contributed by atoms with E-state index in [4.69, 9.17) is 4.74 Å². The first-order chi connectivity index (χ1) is 6.27. The van der Waals surface area contributed by atoms with Crippen LogP contribution in [0, 0.1) is 0 Å². The molecule has 2 rings (SSSR count). The van der Waals surface area contributed by atoms with Crippen molar-refractivity contribution >= 4 is 5.78 Å². The SMILES string of the molecule is CC(=O)c1cc(C2CCCO2)[nH]n1. The van der Waals surface area contributed by atoms with Gasteiger partial charge in [0.15, 0.2) is 5.78 Å². The van der Waals surface area contributed by atoms with Gasteiger partial charge in [0, 0.05) is 13.5 Å². The van der Waals surface area contributed by atoms with Gasteiger partial charge in [0.1, 0.15) is 5.69 Å². The van der Waals surface area contributed by atoms with Crippen molar-refractivity contribution in [2.24, 2.45) is 0 Å². The van der Waals surface area contributed by atoms with Crippen LogP contribution in [0.4, 0.5) is 0 Å². The van der Waals surface area contributed by atoms with Crippen molar-refractivity contribution in [1.29, 1.82) is 0 Å². The Morgan fingerprint density at radius 3 is 3.15 bits per heavy atom. The molecule has 13 heavy (non-hydrogen) atoms. The molecule has 0 bridgehead atoms. The lowest BCUT2D eigenvalue weighted by atomic mass is 10.1. The summed E-state index contributed by atoms with van der Waals surface area (Å²) in [5, 5.41) is 6.74. The number of carbonyl (C=O) groups excluding carboxylic acids is 1. The molecule has 1 saturated heterocycles. The number of nitrogens with zero attached hydrogens (tertiary/aromatic N) is 1. The van der Waals surface area contributed by atoms with E-state index in [0.29, 0.717) is 5.69 Å². The highest BCUT2D eigenvalue weighted by molar-refractivity contribution is 5.92. The van der Waals surface area contributed by atoms with Crippen molar-refractivity contribution in [3.05, 3.63) is 17.5 Å². The van der Waals surface area contributed by atoms with Crippen molar-refractivity contribution in [1.82, 2.24) is 10.2 Å². The summed E-state index contributed by atoms with van der Waals surface area (Å²) in [4.78, 5) is 11.0. The third-order valence-corrected chi connectivity index (χ3v) is 2.23. The van der Waals surface area contributed by atoms with Gasteiger partial charge in [0.25, 0.3) is 0 Å². The van der Waals surface area contributed by atoms with E-state index >= 15 is 0 Å². The zero-order valence-corrected chi connectivity index (χ0v) is 7.54. The van der Waals surface area contributed by atoms with E-state index in [1.54, 1.807) is 6.07 Å². The van der Waals surface area contributed by atoms with Gasteiger partial charge in [-0.05, 0) is 18.9 Å². The number of carbonyl (C=O) groups is 1. The standard InChI is InChI=1S/C9H12N2O2/c1-6(12)7-5-8(11-10-7)9-3-2-4-13-9/h5,9H,2-4H2,1H3,(H,10,11). The van der Waals surface area contributed by atoms with E-state index in [0.717, 1.165) is 25.1 Å². The van der Waals surface area contributed by atoms with Crippen LogP contribution in [0.3, 0.4) is 0 Å². The normalized spacial score (nSPS) is 22.1. The second kappa shape index (κ2) is 3.30. The lowest BCUT2D eigenvalue weighted by Gasteiger charge is -2.03. The van der Waals surface area contributed by atoms with Crippen LogP contribution < -0.4 is 0 Å². The molecule has 4 nitrogen and oxygen atoms in total. The van der Waals surface area contributed by atoms with E-state index in [1.165, 1.54) is 6.92 Å². The zero-order chi connectivity index (χ0) is 9.26. The molecule has 0 saturated carbocycles. The van der Waals surface area contributed by atoms with Gasteiger partial charge in [-0.15, -0.1) is 0 Å². The van der Waals surface area contributed by atoms with Gasteiger partial charge >= 0.3 is 0 Å². The van der Waals surface area contributed by atoms with Crippen molar-refractivity contribution in [2.75, 3.05) is 6.61 Å². The molecular formula is C9H12N2O2. The molecule has 0 amide bonds. The Hall–Kier alpha value is -1.16. The van der Waals surface area contributed by atoms with Crippen LogP contribution in [-0.2, 0) is 4.74 Å². The van der Waals surface area contributed by atoms with Crippen LogP contribution in [0.1, 0.15) is 42.1 Å². The summed E-state index contributed by atoms with van der Waals surface area (Å²) >= 11 is 0. The van der Waals surface area contributed by atoms with Crippen molar-refractivity contribution in [2.45, 2.75) is 25.9 Å². The molecule has 0 aliphatic carbocycles. The Morgan fingerprint density at radius 2 is 2.62 bits per heavy atom. The number of hydrogen-bond acceptors (Lipinski definition) is 3. The van der Waals surface area contributed by atoms with Crippen LogP contribution in [0.2, 0.25) is 0 Å². The average molecular weight is 180 g/mol. The van der Waals surface area contributed by atoms with Gasteiger partial charge in [-0.3, -0.25) is 9.89 Å². The van der Waals surface area contributed by atoms with Crippen LogP contribution >= 0.6 is 0 Å². The topological polar surface area (TPSA) is 55.0 Å². The average Bonchev–Trinajstić information content (AvgIpc) is 2.75. The lowest BCUT2D eigenvalue weighted by molar-refractivity contribution is 0.101. The molecule has 2 heterocycles. The molecule has 1 aromatic rings. The first-order valence-corrected chi connectivity index (χ1v) is 4.45. The maximum atomic E-state index is 11.0. The van der Waals surface area contributed by atoms with E-state index in [9.17, 15) is 4.79 Å². The molecule has 4 heteroatoms. The summed E-state index contributed by atoms with van der Waals surface area (Å²) in [6, 6.07) is 1.78. The van der Waals surface area contributed by atoms with Crippen molar-refractivity contribution in [3.8, 4) is 0 Å². The number of rotatable bonds is 2. The van der Waals surface area contributed by atoms with Crippen LogP contribution in [0.15, 0.2) is 6.07 Å². The number of ketones is 1. The minimum absolute atomic E-state index is 0.0134. The summed E-state index contributed by atoms with van der Waals surface area (Å²) in [6.07, 6.45) is 2.21. The lowest BCUT2D eigenvalue weighted by Crippen LogP contribution is -1.95. The Kier molecular flexibility index (Phi) is 2.14. The second-order valence-corrected chi connectivity index (χ2v) is 3.27. The largest absolute Gasteiger partial charge is 0.372 e. The van der Waals surface area contributed by atoms with Gasteiger partial charge < -0.3 is 4.74 Å². The maximum Gasteiger partial charge on any atom is 0.179 e. The number of H-pyrrole nitrogens is 1. The fraction of sp³-hybridized carbons (Fsp3) is 0.556. The molecule has 0 radical (unpaired) electrons. The number of ether oxygens (including phenoxy) is 1. The summed E-state index contributed by atoms with van der Waals surface area (Å²) in [7, 11) is 0. The predicted molar refractivity (Wildman–Crippen MR) is 46.5 cm³/mol. The van der Waals surface area contributed by atoms with Crippen LogP contribution in [0.5, 0.6) is 0 Å². The molecular weight excluding hydrogens is 168 g/mol. The zero-order valence-electron chi connectivity index (χ0n) is 7.54. The van der Waals surface area contributed by atoms with Crippen molar-refractivity contribution in [3.63, 3.8) is 0 Å². The number of hydrogen-bond donors (Lipinski definition) is 1. The van der Waals surface area contributed by atoms with Crippen molar-refractivity contribution < 1.29 is 9.53 Å². The van der Waals surface area contributed by atoms with Crippen LogP contribution in [-0.4, -0.2) is 22.6 Å². The van der Waals surface area contributed by atoms with Gasteiger partial charge in [-0.2, -0.15) is 5.10 Å². The number of Topliss-reactive ketones (excluding diaryl/α,β-unsaturated/α-hetero) is 1. The third-order valence-electron chi connectivity index (χ3n) is 2.23. The summed E-state index contributed by atoms with van der Waals surface area (Å²) in [5.74, 6) is -0.0134. The van der Waals surface area contributed by atoms with E-state index < -0.39 is 0 Å². The number of aromatic amines is 1. The summed E-state index contributed by atoms with van der Waals surface area (Å²) in [5.41, 5.74) is 1.41. The smallest absolute Gasteiger partial charge is 0.179 e. The van der Waals surface area contributed by atoms with Gasteiger partial charge in [-0.25, -0.2) is 0 Å². The first-order valence-electron chi connectivity index (χ1n) is 4.45. The Morgan fingerprint density at radius 1 is 1.77 bits per heavy atom. The Labute approximate surface area is 76.3 Å². The quantitative estimate of drug-likeness (QED) is 0.701. The molecule has 1 atom stereocenters. The minimum atomic E-state index is -0.0134. The number of nitrogens with one attached hydrogen (secondary N) is 1. The molecule has 1 unspecified atom stereocenters. The second-order valence-electron chi connectivity index (χ2n) is 3.27. The molecule has 1 fully saturated rings. The molecule has 1 aliphatic rings. The van der Waals surface area contributed by atoms with E-state index in [-0.39, 0.29) is 11.9 Å². The molecule has 0 aromatic carbocycles. The molecule has 1 aromatic heterocycles. The fourth-order valence-electron chi connectivity index (χ4n) is 1.50. The third kappa shape index (κ3) is 1.62. The van der Waals surface area contributed by atoms with Gasteiger partial charge in [0.05, 0.1) is 11.8 Å². The highest BCUT2D eigenvalue weighted by Gasteiger charge is 2.20. The Bertz CT molecular complexity index is 313. The maximum absolute atomic E-state index is 11.0.